The zero-order valence-corrected chi connectivity index (χ0v) is 9.90. The molecule has 1 atom stereocenters. The summed E-state index contributed by atoms with van der Waals surface area (Å²) in [6.07, 6.45) is 0. The predicted octanol–water partition coefficient (Wildman–Crippen LogP) is 2.47. The van der Waals surface area contributed by atoms with E-state index < -0.39 is 11.9 Å². The molecule has 0 spiro atoms. The Balaban J connectivity index is 2.47. The van der Waals surface area contributed by atoms with Crippen LogP contribution in [0.15, 0.2) is 24.3 Å². The standard InChI is InChI=1S/C13H17NO2/c1-13(2,3)14-8-10(12(15)16)9-6-4-5-7-11(9)14/h4-7,10H,8H2,1-3H3,(H,15,16). The number of carboxylic acids is 1. The van der Waals surface area contributed by atoms with Crippen molar-refractivity contribution in [3.05, 3.63) is 29.8 Å². The van der Waals surface area contributed by atoms with Gasteiger partial charge in [-0.3, -0.25) is 4.79 Å². The molecule has 0 saturated heterocycles. The number of hydrogen-bond donors (Lipinski definition) is 1. The second-order valence-electron chi connectivity index (χ2n) is 5.23. The maximum atomic E-state index is 11.2. The van der Waals surface area contributed by atoms with Gasteiger partial charge in [-0.1, -0.05) is 18.2 Å². The second-order valence-corrected chi connectivity index (χ2v) is 5.23. The van der Waals surface area contributed by atoms with E-state index in [0.29, 0.717) is 6.54 Å². The number of hydrogen-bond acceptors (Lipinski definition) is 2. The average molecular weight is 219 g/mol. The Kier molecular flexibility index (Phi) is 2.41. The van der Waals surface area contributed by atoms with E-state index in [9.17, 15) is 9.90 Å². The Hall–Kier alpha value is -1.51. The summed E-state index contributed by atoms with van der Waals surface area (Å²) in [5.41, 5.74) is 1.95. The van der Waals surface area contributed by atoms with E-state index in [2.05, 4.69) is 25.7 Å². The van der Waals surface area contributed by atoms with Gasteiger partial charge in [0, 0.05) is 17.8 Å². The molecule has 0 amide bonds. The van der Waals surface area contributed by atoms with Crippen molar-refractivity contribution in [3.63, 3.8) is 0 Å². The minimum absolute atomic E-state index is 0.0414. The Bertz CT molecular complexity index is 420. The highest BCUT2D eigenvalue weighted by Crippen LogP contribution is 2.39. The molecule has 16 heavy (non-hydrogen) atoms. The molecule has 1 aromatic rings. The molecule has 0 saturated carbocycles. The number of carboxylic acid groups (broad SMARTS) is 1. The number of fused-ring (bicyclic) bond motifs is 1. The van der Waals surface area contributed by atoms with Gasteiger partial charge in [-0.2, -0.15) is 0 Å². The molecule has 2 rings (SSSR count). The van der Waals surface area contributed by atoms with Crippen LogP contribution in [-0.4, -0.2) is 23.2 Å². The first kappa shape index (κ1) is 11.0. The van der Waals surface area contributed by atoms with Crippen LogP contribution in [0.3, 0.4) is 0 Å². The van der Waals surface area contributed by atoms with Crippen molar-refractivity contribution in [2.24, 2.45) is 0 Å². The van der Waals surface area contributed by atoms with E-state index in [1.165, 1.54) is 0 Å². The molecule has 1 N–H and O–H groups in total. The zero-order valence-electron chi connectivity index (χ0n) is 9.90. The lowest BCUT2D eigenvalue weighted by molar-refractivity contribution is -0.138. The molecule has 3 heteroatoms. The van der Waals surface area contributed by atoms with Crippen LogP contribution in [0.2, 0.25) is 0 Å². The van der Waals surface area contributed by atoms with Gasteiger partial charge in [0.05, 0.1) is 0 Å². The fourth-order valence-electron chi connectivity index (χ4n) is 2.25. The first-order chi connectivity index (χ1) is 7.41. The van der Waals surface area contributed by atoms with Crippen LogP contribution < -0.4 is 4.90 Å². The Morgan fingerprint density at radius 1 is 1.38 bits per heavy atom. The van der Waals surface area contributed by atoms with Crippen molar-refractivity contribution in [2.75, 3.05) is 11.4 Å². The van der Waals surface area contributed by atoms with E-state index in [1.54, 1.807) is 0 Å². The van der Waals surface area contributed by atoms with Crippen LogP contribution in [0.4, 0.5) is 5.69 Å². The van der Waals surface area contributed by atoms with Gasteiger partial charge in [-0.25, -0.2) is 0 Å². The molecule has 1 aliphatic heterocycles. The lowest BCUT2D eigenvalue weighted by atomic mass is 10.0. The molecule has 0 fully saturated rings. The van der Waals surface area contributed by atoms with Crippen molar-refractivity contribution < 1.29 is 9.90 Å². The molecule has 1 aromatic carbocycles. The van der Waals surface area contributed by atoms with Crippen LogP contribution in [0.1, 0.15) is 32.3 Å². The van der Waals surface area contributed by atoms with Crippen LogP contribution in [0.5, 0.6) is 0 Å². The van der Waals surface area contributed by atoms with Crippen LogP contribution in [-0.2, 0) is 4.79 Å². The number of rotatable bonds is 1. The monoisotopic (exact) mass is 219 g/mol. The van der Waals surface area contributed by atoms with Crippen molar-refractivity contribution >= 4 is 11.7 Å². The minimum atomic E-state index is -0.737. The topological polar surface area (TPSA) is 40.5 Å². The highest BCUT2D eigenvalue weighted by atomic mass is 16.4. The SMILES string of the molecule is CC(C)(C)N1CC(C(=O)O)c2ccccc21. The predicted molar refractivity (Wildman–Crippen MR) is 63.9 cm³/mol. The number of anilines is 1. The number of carbonyl (C=O) groups is 1. The largest absolute Gasteiger partial charge is 0.481 e. The summed E-state index contributed by atoms with van der Waals surface area (Å²) in [5, 5.41) is 9.22. The van der Waals surface area contributed by atoms with Crippen LogP contribution in [0, 0.1) is 0 Å². The van der Waals surface area contributed by atoms with E-state index in [4.69, 9.17) is 0 Å². The van der Waals surface area contributed by atoms with Gasteiger partial charge in [0.2, 0.25) is 0 Å². The third-order valence-electron chi connectivity index (χ3n) is 3.08. The molecular weight excluding hydrogens is 202 g/mol. The van der Waals surface area contributed by atoms with Crippen molar-refractivity contribution in [3.8, 4) is 0 Å². The van der Waals surface area contributed by atoms with Crippen LogP contribution in [0.25, 0.3) is 0 Å². The zero-order chi connectivity index (χ0) is 11.9. The maximum absolute atomic E-state index is 11.2. The van der Waals surface area contributed by atoms with Crippen LogP contribution >= 0.6 is 0 Å². The molecule has 3 nitrogen and oxygen atoms in total. The van der Waals surface area contributed by atoms with Crippen molar-refractivity contribution in [1.29, 1.82) is 0 Å². The molecule has 1 unspecified atom stereocenters. The molecule has 0 bridgehead atoms. The molecular formula is C13H17NO2. The lowest BCUT2D eigenvalue weighted by Gasteiger charge is -2.34. The molecule has 0 aromatic heterocycles. The van der Waals surface area contributed by atoms with Gasteiger partial charge in [-0.15, -0.1) is 0 Å². The van der Waals surface area contributed by atoms with Crippen molar-refractivity contribution in [1.82, 2.24) is 0 Å². The number of aliphatic carboxylic acids is 1. The Morgan fingerprint density at radius 3 is 2.56 bits per heavy atom. The summed E-state index contributed by atoms with van der Waals surface area (Å²) in [7, 11) is 0. The van der Waals surface area contributed by atoms with Gasteiger partial charge in [0.25, 0.3) is 0 Å². The van der Waals surface area contributed by atoms with Gasteiger partial charge < -0.3 is 10.0 Å². The van der Waals surface area contributed by atoms with E-state index in [1.807, 2.05) is 24.3 Å². The molecule has 1 aliphatic rings. The van der Waals surface area contributed by atoms with E-state index in [-0.39, 0.29) is 5.54 Å². The number of para-hydroxylation sites is 1. The summed E-state index contributed by atoms with van der Waals surface area (Å²) in [5.74, 6) is -1.13. The smallest absolute Gasteiger partial charge is 0.312 e. The molecule has 86 valence electrons. The van der Waals surface area contributed by atoms with Gasteiger partial charge in [0.1, 0.15) is 5.92 Å². The molecule has 0 aliphatic carbocycles. The number of benzene rings is 1. The third-order valence-corrected chi connectivity index (χ3v) is 3.08. The first-order valence-corrected chi connectivity index (χ1v) is 5.50. The summed E-state index contributed by atoms with van der Waals surface area (Å²) in [6, 6.07) is 7.78. The van der Waals surface area contributed by atoms with Gasteiger partial charge in [0.15, 0.2) is 0 Å². The third kappa shape index (κ3) is 1.66. The highest BCUT2D eigenvalue weighted by Gasteiger charge is 2.37. The van der Waals surface area contributed by atoms with E-state index in [0.717, 1.165) is 11.3 Å². The average Bonchev–Trinajstić information content (AvgIpc) is 2.56. The normalized spacial score (nSPS) is 19.7. The second kappa shape index (κ2) is 3.51. The van der Waals surface area contributed by atoms with Gasteiger partial charge >= 0.3 is 5.97 Å². The van der Waals surface area contributed by atoms with E-state index >= 15 is 0 Å². The minimum Gasteiger partial charge on any atom is -0.481 e. The highest BCUT2D eigenvalue weighted by molar-refractivity contribution is 5.83. The van der Waals surface area contributed by atoms with Gasteiger partial charge in [-0.05, 0) is 32.4 Å². The van der Waals surface area contributed by atoms with Crippen molar-refractivity contribution in [2.45, 2.75) is 32.2 Å². The quantitative estimate of drug-likeness (QED) is 0.788. The molecule has 1 heterocycles. The molecule has 0 radical (unpaired) electrons. The lowest BCUT2D eigenvalue weighted by Crippen LogP contribution is -2.41. The Labute approximate surface area is 95.7 Å². The fraction of sp³-hybridized carbons (Fsp3) is 0.462. The fourth-order valence-corrected chi connectivity index (χ4v) is 2.25. The Morgan fingerprint density at radius 2 is 2.00 bits per heavy atom. The number of nitrogens with zero attached hydrogens (tertiary/aromatic N) is 1. The summed E-state index contributed by atoms with van der Waals surface area (Å²) < 4.78 is 0. The first-order valence-electron chi connectivity index (χ1n) is 5.50. The summed E-state index contributed by atoms with van der Waals surface area (Å²) in [6.45, 7) is 6.88. The summed E-state index contributed by atoms with van der Waals surface area (Å²) in [4.78, 5) is 13.4. The summed E-state index contributed by atoms with van der Waals surface area (Å²) >= 11 is 0. The maximum Gasteiger partial charge on any atom is 0.312 e.